The van der Waals surface area contributed by atoms with Gasteiger partial charge in [-0.1, -0.05) is 26.8 Å². The maximum absolute atomic E-state index is 13.2. The van der Waals surface area contributed by atoms with Crippen LogP contribution in [0.4, 0.5) is 4.79 Å². The van der Waals surface area contributed by atoms with Crippen molar-refractivity contribution < 1.29 is 19.8 Å². The minimum absolute atomic E-state index is 0. The molecule has 1 aliphatic heterocycles. The Hall–Kier alpha value is -2.94. The standard InChI is InChI=1S/C23H28N4O4.BrH/c1-12-6-7-14-10-27(21(24)19(14)25-12)11-18(28)15-8-16(13(2)26-22(30)31)20(29)17(9-15)23(3,4)5;/h6-9,13,24,26,29H,10-11H2,1-5H3,(H,30,31);1H. The molecule has 0 aliphatic carbocycles. The van der Waals surface area contributed by atoms with E-state index < -0.39 is 17.6 Å². The van der Waals surface area contributed by atoms with Gasteiger partial charge in [-0.3, -0.25) is 10.2 Å². The van der Waals surface area contributed by atoms with E-state index in [0.717, 1.165) is 11.3 Å². The fourth-order valence-corrected chi connectivity index (χ4v) is 3.73. The number of halogens is 1. The number of aromatic hydroxyl groups is 1. The first-order valence-corrected chi connectivity index (χ1v) is 10.1. The van der Waals surface area contributed by atoms with Gasteiger partial charge in [0, 0.05) is 34.5 Å². The lowest BCUT2D eigenvalue weighted by Crippen LogP contribution is -2.31. The number of aryl methyl sites for hydroxylation is 1. The van der Waals surface area contributed by atoms with Gasteiger partial charge in [0.25, 0.3) is 0 Å². The number of nitrogens with zero attached hydrogens (tertiary/aromatic N) is 2. The summed E-state index contributed by atoms with van der Waals surface area (Å²) in [4.78, 5) is 30.4. The summed E-state index contributed by atoms with van der Waals surface area (Å²) < 4.78 is 0. The maximum Gasteiger partial charge on any atom is 0.405 e. The van der Waals surface area contributed by atoms with E-state index in [0.29, 0.717) is 28.9 Å². The maximum atomic E-state index is 13.2. The number of carbonyl (C=O) groups excluding carboxylic acids is 1. The van der Waals surface area contributed by atoms with Crippen LogP contribution < -0.4 is 5.32 Å². The minimum Gasteiger partial charge on any atom is -0.507 e. The van der Waals surface area contributed by atoms with Crippen molar-refractivity contribution in [2.75, 3.05) is 6.54 Å². The van der Waals surface area contributed by atoms with Gasteiger partial charge in [-0.25, -0.2) is 9.78 Å². The number of phenols is 1. The fraction of sp³-hybridized carbons (Fsp3) is 0.391. The third-order valence-corrected chi connectivity index (χ3v) is 5.43. The predicted molar refractivity (Wildman–Crippen MR) is 127 cm³/mol. The van der Waals surface area contributed by atoms with E-state index in [9.17, 15) is 14.7 Å². The van der Waals surface area contributed by atoms with Gasteiger partial charge in [0.1, 0.15) is 17.3 Å². The van der Waals surface area contributed by atoms with Crippen molar-refractivity contribution in [3.05, 3.63) is 57.9 Å². The first kappa shape index (κ1) is 25.3. The zero-order valence-electron chi connectivity index (χ0n) is 18.8. The van der Waals surface area contributed by atoms with Crippen molar-refractivity contribution in [2.24, 2.45) is 0 Å². The second kappa shape index (κ2) is 9.28. The SMILES string of the molecule is Br.Cc1ccc2c(n1)C(=N)N(CC(=O)c1cc(C(C)NC(=O)O)c(O)c(C(C)(C)C)c1)C2. The van der Waals surface area contributed by atoms with Crippen LogP contribution in [0, 0.1) is 12.3 Å². The average molecular weight is 505 g/mol. The van der Waals surface area contributed by atoms with E-state index in [2.05, 4.69) is 10.3 Å². The summed E-state index contributed by atoms with van der Waals surface area (Å²) in [6.45, 7) is 9.64. The van der Waals surface area contributed by atoms with E-state index in [1.54, 1.807) is 17.9 Å². The van der Waals surface area contributed by atoms with E-state index >= 15 is 0 Å². The molecule has 1 aromatic carbocycles. The smallest absolute Gasteiger partial charge is 0.405 e. The molecule has 1 aromatic heterocycles. The second-order valence-corrected chi connectivity index (χ2v) is 8.97. The molecule has 3 rings (SSSR count). The highest BCUT2D eigenvalue weighted by Gasteiger charge is 2.29. The summed E-state index contributed by atoms with van der Waals surface area (Å²) in [5.74, 6) is -0.0298. The van der Waals surface area contributed by atoms with Crippen molar-refractivity contribution in [3.63, 3.8) is 0 Å². The summed E-state index contributed by atoms with van der Waals surface area (Å²) in [6, 6.07) is 6.29. The molecule has 0 saturated carbocycles. The number of pyridine rings is 1. The van der Waals surface area contributed by atoms with Gasteiger partial charge in [0.05, 0.1) is 12.6 Å². The monoisotopic (exact) mass is 504 g/mol. The number of nitrogens with one attached hydrogen (secondary N) is 2. The van der Waals surface area contributed by atoms with Crippen LogP contribution in [0.3, 0.4) is 0 Å². The minimum atomic E-state index is -1.22. The van der Waals surface area contributed by atoms with Gasteiger partial charge in [-0.15, -0.1) is 17.0 Å². The molecule has 9 heteroatoms. The van der Waals surface area contributed by atoms with Gasteiger partial charge >= 0.3 is 6.09 Å². The second-order valence-electron chi connectivity index (χ2n) is 8.97. The van der Waals surface area contributed by atoms with Crippen LogP contribution in [0.1, 0.15) is 72.2 Å². The van der Waals surface area contributed by atoms with Gasteiger partial charge in [-0.05, 0) is 37.5 Å². The molecule has 2 heterocycles. The highest BCUT2D eigenvalue weighted by molar-refractivity contribution is 8.93. The molecule has 32 heavy (non-hydrogen) atoms. The van der Waals surface area contributed by atoms with Gasteiger partial charge < -0.3 is 20.4 Å². The van der Waals surface area contributed by atoms with Crippen LogP contribution >= 0.6 is 17.0 Å². The van der Waals surface area contributed by atoms with Crippen molar-refractivity contribution in [2.45, 2.75) is 52.6 Å². The van der Waals surface area contributed by atoms with Gasteiger partial charge in [0.15, 0.2) is 5.78 Å². The summed E-state index contributed by atoms with van der Waals surface area (Å²) in [5, 5.41) is 30.6. The van der Waals surface area contributed by atoms with Crippen LogP contribution in [0.25, 0.3) is 0 Å². The summed E-state index contributed by atoms with van der Waals surface area (Å²) in [5.41, 5.74) is 3.12. The molecule has 4 N–H and O–H groups in total. The molecule has 0 bridgehead atoms. The van der Waals surface area contributed by atoms with Crippen LogP contribution in [-0.4, -0.2) is 44.4 Å². The molecule has 0 fully saturated rings. The van der Waals surface area contributed by atoms with E-state index in [1.165, 1.54) is 6.07 Å². The highest BCUT2D eigenvalue weighted by Crippen LogP contribution is 2.37. The van der Waals surface area contributed by atoms with Gasteiger partial charge in [0.2, 0.25) is 0 Å². The number of ketones is 1. The van der Waals surface area contributed by atoms with E-state index in [1.807, 2.05) is 39.8 Å². The zero-order valence-corrected chi connectivity index (χ0v) is 20.5. The molecule has 2 aromatic rings. The average Bonchev–Trinajstić information content (AvgIpc) is 2.95. The van der Waals surface area contributed by atoms with Crippen molar-refractivity contribution in [1.29, 1.82) is 5.41 Å². The number of carboxylic acid groups (broad SMARTS) is 1. The summed E-state index contributed by atoms with van der Waals surface area (Å²) >= 11 is 0. The quantitative estimate of drug-likeness (QED) is 0.449. The van der Waals surface area contributed by atoms with Crippen molar-refractivity contribution in [3.8, 4) is 5.75 Å². The number of rotatable bonds is 5. The molecule has 172 valence electrons. The summed E-state index contributed by atoms with van der Waals surface area (Å²) in [7, 11) is 0. The highest BCUT2D eigenvalue weighted by atomic mass is 79.9. The third kappa shape index (κ3) is 5.09. The fourth-order valence-electron chi connectivity index (χ4n) is 3.73. The molecule has 1 unspecified atom stereocenters. The normalized spacial score (nSPS) is 13.9. The Balaban J connectivity index is 0.00000363. The molecule has 8 nitrogen and oxygen atoms in total. The largest absolute Gasteiger partial charge is 0.507 e. The molecule has 0 radical (unpaired) electrons. The number of Topliss-reactive ketones (excluding diaryl/α,β-unsaturated/α-hetero) is 1. The lowest BCUT2D eigenvalue weighted by atomic mass is 9.82. The molecule has 1 amide bonds. The Morgan fingerprint density at radius 1 is 1.28 bits per heavy atom. The molecular weight excluding hydrogens is 476 g/mol. The number of hydrogen-bond acceptors (Lipinski definition) is 5. The van der Waals surface area contributed by atoms with Crippen molar-refractivity contribution in [1.82, 2.24) is 15.2 Å². The zero-order chi connectivity index (χ0) is 23.1. The number of hydrogen-bond donors (Lipinski definition) is 4. The van der Waals surface area contributed by atoms with E-state index in [4.69, 9.17) is 10.5 Å². The predicted octanol–water partition coefficient (Wildman–Crippen LogP) is 4.32. The molecule has 0 spiro atoms. The number of benzene rings is 1. The number of aromatic nitrogens is 1. The number of amidine groups is 1. The number of fused-ring (bicyclic) bond motifs is 1. The topological polar surface area (TPSA) is 127 Å². The molecule has 0 saturated heterocycles. The number of amides is 1. The molecule has 1 aliphatic rings. The Morgan fingerprint density at radius 3 is 2.53 bits per heavy atom. The third-order valence-electron chi connectivity index (χ3n) is 5.43. The molecular formula is C23H29BrN4O4. The summed E-state index contributed by atoms with van der Waals surface area (Å²) in [6.07, 6.45) is -1.22. The Kier molecular flexibility index (Phi) is 7.34. The number of carbonyl (C=O) groups is 2. The van der Waals surface area contributed by atoms with E-state index in [-0.39, 0.29) is 40.9 Å². The lowest BCUT2D eigenvalue weighted by molar-refractivity contribution is 0.0962. The van der Waals surface area contributed by atoms with Crippen LogP contribution in [0.5, 0.6) is 5.75 Å². The Bertz CT molecular complexity index is 1080. The Labute approximate surface area is 198 Å². The van der Waals surface area contributed by atoms with Crippen LogP contribution in [-0.2, 0) is 12.0 Å². The first-order chi connectivity index (χ1) is 14.4. The number of phenolic OH excluding ortho intramolecular Hbond substituents is 1. The molecule has 1 atom stereocenters. The van der Waals surface area contributed by atoms with Crippen molar-refractivity contribution >= 4 is 34.7 Å². The van der Waals surface area contributed by atoms with Crippen LogP contribution in [0.15, 0.2) is 24.3 Å². The lowest BCUT2D eigenvalue weighted by Gasteiger charge is -2.25. The van der Waals surface area contributed by atoms with Gasteiger partial charge in [-0.2, -0.15) is 0 Å². The Morgan fingerprint density at radius 2 is 1.94 bits per heavy atom. The first-order valence-electron chi connectivity index (χ1n) is 10.1. The van der Waals surface area contributed by atoms with Crippen LogP contribution in [0.2, 0.25) is 0 Å².